The number of carboxylic acid groups (broad SMARTS) is 1. The number of aromatic carboxylic acids is 1. The minimum Gasteiger partial charge on any atom is -0.478 e. The average molecular weight is 335 g/mol. The van der Waals surface area contributed by atoms with Gasteiger partial charge in [-0.2, -0.15) is 0 Å². The highest BCUT2D eigenvalue weighted by Gasteiger charge is 2.15. The Bertz CT molecular complexity index is 686. The Morgan fingerprint density at radius 1 is 1.25 bits per heavy atom. The number of rotatable bonds is 3. The van der Waals surface area contributed by atoms with E-state index in [4.69, 9.17) is 5.11 Å². The highest BCUT2D eigenvalue weighted by molar-refractivity contribution is 9.10. The summed E-state index contributed by atoms with van der Waals surface area (Å²) < 4.78 is 0.679. The summed E-state index contributed by atoms with van der Waals surface area (Å²) in [5.41, 5.74) is 1.52. The number of aromatic nitrogens is 1. The van der Waals surface area contributed by atoms with E-state index in [2.05, 4.69) is 26.2 Å². The third-order valence-corrected chi connectivity index (χ3v) is 3.79. The lowest BCUT2D eigenvalue weighted by atomic mass is 10.1. The number of benzene rings is 1. The molecule has 1 amide bonds. The van der Waals surface area contributed by atoms with E-state index >= 15 is 0 Å². The van der Waals surface area contributed by atoms with Gasteiger partial charge in [-0.1, -0.05) is 12.1 Å². The first-order valence-corrected chi connectivity index (χ1v) is 6.53. The van der Waals surface area contributed by atoms with E-state index in [1.54, 1.807) is 12.1 Å². The maximum absolute atomic E-state index is 12.2. The van der Waals surface area contributed by atoms with Gasteiger partial charge in [-0.15, -0.1) is 0 Å². The molecule has 102 valence electrons. The number of carboxylic acids is 1. The standard InChI is InChI=1S/C14H11BrN2O3/c1-8-3-2-4-10(12(8)15)13(18)17-11-7-16-6-5-9(11)14(19)20/h2-7H,1H3,(H,17,18)(H,19,20). The molecule has 0 unspecified atom stereocenters. The number of anilines is 1. The van der Waals surface area contributed by atoms with Crippen LogP contribution in [0.15, 0.2) is 41.1 Å². The van der Waals surface area contributed by atoms with Crippen molar-refractivity contribution in [1.29, 1.82) is 0 Å². The summed E-state index contributed by atoms with van der Waals surface area (Å²) in [5.74, 6) is -1.51. The molecule has 1 aromatic carbocycles. The number of nitrogens with zero attached hydrogens (tertiary/aromatic N) is 1. The van der Waals surface area contributed by atoms with Gasteiger partial charge >= 0.3 is 5.97 Å². The van der Waals surface area contributed by atoms with E-state index in [0.717, 1.165) is 5.56 Å². The molecule has 5 nitrogen and oxygen atoms in total. The van der Waals surface area contributed by atoms with Crippen LogP contribution in [0.25, 0.3) is 0 Å². The van der Waals surface area contributed by atoms with Crippen LogP contribution in [0.3, 0.4) is 0 Å². The zero-order valence-electron chi connectivity index (χ0n) is 10.6. The van der Waals surface area contributed by atoms with Crippen LogP contribution in [0.1, 0.15) is 26.3 Å². The van der Waals surface area contributed by atoms with Crippen LogP contribution in [0.4, 0.5) is 5.69 Å². The quantitative estimate of drug-likeness (QED) is 0.903. The van der Waals surface area contributed by atoms with Gasteiger partial charge in [0.15, 0.2) is 0 Å². The van der Waals surface area contributed by atoms with Gasteiger partial charge < -0.3 is 10.4 Å². The Morgan fingerprint density at radius 3 is 2.70 bits per heavy atom. The van der Waals surface area contributed by atoms with Crippen molar-refractivity contribution in [2.75, 3.05) is 5.32 Å². The van der Waals surface area contributed by atoms with Crippen LogP contribution in [-0.4, -0.2) is 22.0 Å². The molecule has 0 radical (unpaired) electrons. The number of pyridine rings is 1. The molecule has 0 aliphatic heterocycles. The lowest BCUT2D eigenvalue weighted by molar-refractivity contribution is 0.0698. The van der Waals surface area contributed by atoms with Crippen LogP contribution in [-0.2, 0) is 0 Å². The van der Waals surface area contributed by atoms with Gasteiger partial charge in [0, 0.05) is 10.7 Å². The summed E-state index contributed by atoms with van der Waals surface area (Å²) >= 11 is 3.35. The molecular formula is C14H11BrN2O3. The molecule has 0 bridgehead atoms. The van der Waals surface area contributed by atoms with Crippen molar-refractivity contribution < 1.29 is 14.7 Å². The minimum absolute atomic E-state index is 0.00266. The van der Waals surface area contributed by atoms with Crippen molar-refractivity contribution in [3.8, 4) is 0 Å². The highest BCUT2D eigenvalue weighted by atomic mass is 79.9. The van der Waals surface area contributed by atoms with Crippen LogP contribution in [0.2, 0.25) is 0 Å². The second-order valence-electron chi connectivity index (χ2n) is 4.12. The van der Waals surface area contributed by atoms with Crippen LogP contribution >= 0.6 is 15.9 Å². The van der Waals surface area contributed by atoms with Crippen molar-refractivity contribution in [3.63, 3.8) is 0 Å². The molecule has 1 aromatic heterocycles. The smallest absolute Gasteiger partial charge is 0.337 e. The predicted octanol–water partition coefficient (Wildman–Crippen LogP) is 3.10. The number of hydrogen-bond acceptors (Lipinski definition) is 3. The van der Waals surface area contributed by atoms with Crippen LogP contribution in [0, 0.1) is 6.92 Å². The molecule has 0 saturated carbocycles. The number of carbonyl (C=O) groups excluding carboxylic acids is 1. The van der Waals surface area contributed by atoms with Gasteiger partial charge in [0.2, 0.25) is 0 Å². The van der Waals surface area contributed by atoms with Crippen molar-refractivity contribution in [3.05, 3.63) is 57.8 Å². The first kappa shape index (κ1) is 14.2. The van der Waals surface area contributed by atoms with Crippen LogP contribution in [0.5, 0.6) is 0 Å². The summed E-state index contributed by atoms with van der Waals surface area (Å²) in [6.45, 7) is 1.87. The van der Waals surface area contributed by atoms with Gasteiger partial charge in [0.1, 0.15) is 0 Å². The number of hydrogen-bond donors (Lipinski definition) is 2. The molecule has 1 heterocycles. The van der Waals surface area contributed by atoms with Gasteiger partial charge in [0.05, 0.1) is 23.0 Å². The number of carbonyl (C=O) groups is 2. The van der Waals surface area contributed by atoms with E-state index in [9.17, 15) is 9.59 Å². The van der Waals surface area contributed by atoms with Crippen molar-refractivity contribution >= 4 is 33.5 Å². The first-order valence-electron chi connectivity index (χ1n) is 5.74. The Kier molecular flexibility index (Phi) is 4.14. The van der Waals surface area contributed by atoms with E-state index in [-0.39, 0.29) is 11.3 Å². The first-order chi connectivity index (χ1) is 9.50. The number of nitrogens with one attached hydrogen (secondary N) is 1. The molecule has 0 aliphatic rings. The fourth-order valence-corrected chi connectivity index (χ4v) is 2.14. The zero-order valence-corrected chi connectivity index (χ0v) is 12.1. The molecule has 0 aliphatic carbocycles. The second kappa shape index (κ2) is 5.83. The fraction of sp³-hybridized carbons (Fsp3) is 0.0714. The number of amides is 1. The maximum Gasteiger partial charge on any atom is 0.337 e. The van der Waals surface area contributed by atoms with Crippen LogP contribution < -0.4 is 5.32 Å². The highest BCUT2D eigenvalue weighted by Crippen LogP contribution is 2.23. The normalized spacial score (nSPS) is 10.1. The summed E-state index contributed by atoms with van der Waals surface area (Å²) in [6.07, 6.45) is 2.67. The third kappa shape index (κ3) is 2.85. The Hall–Kier alpha value is -2.21. The molecule has 0 fully saturated rings. The molecule has 0 saturated heterocycles. The summed E-state index contributed by atoms with van der Waals surface area (Å²) in [5, 5.41) is 11.6. The fourth-order valence-electron chi connectivity index (χ4n) is 1.69. The molecule has 0 atom stereocenters. The minimum atomic E-state index is -1.12. The Balaban J connectivity index is 2.33. The predicted molar refractivity (Wildman–Crippen MR) is 78.0 cm³/mol. The largest absolute Gasteiger partial charge is 0.478 e. The average Bonchev–Trinajstić information content (AvgIpc) is 2.42. The second-order valence-corrected chi connectivity index (χ2v) is 4.91. The molecule has 0 spiro atoms. The molecule has 2 aromatic rings. The molecule has 2 N–H and O–H groups in total. The van der Waals surface area contributed by atoms with E-state index in [0.29, 0.717) is 10.0 Å². The van der Waals surface area contributed by atoms with Gasteiger partial charge in [-0.25, -0.2) is 4.79 Å². The molecule has 20 heavy (non-hydrogen) atoms. The lowest BCUT2D eigenvalue weighted by Gasteiger charge is -2.10. The van der Waals surface area contributed by atoms with Gasteiger partial charge in [-0.05, 0) is 40.5 Å². The summed E-state index contributed by atoms with van der Waals surface area (Å²) in [4.78, 5) is 27.1. The monoisotopic (exact) mass is 334 g/mol. The Labute approximate surface area is 123 Å². The molecule has 6 heteroatoms. The Morgan fingerprint density at radius 2 is 2.00 bits per heavy atom. The van der Waals surface area contributed by atoms with Crippen molar-refractivity contribution in [2.24, 2.45) is 0 Å². The van der Waals surface area contributed by atoms with Crippen molar-refractivity contribution in [2.45, 2.75) is 6.92 Å². The summed E-state index contributed by atoms with van der Waals surface area (Å²) in [7, 11) is 0. The maximum atomic E-state index is 12.2. The number of aryl methyl sites for hydroxylation is 1. The zero-order chi connectivity index (χ0) is 14.7. The number of halogens is 1. The lowest BCUT2D eigenvalue weighted by Crippen LogP contribution is -2.15. The third-order valence-electron chi connectivity index (χ3n) is 2.74. The van der Waals surface area contributed by atoms with E-state index in [1.165, 1.54) is 18.5 Å². The van der Waals surface area contributed by atoms with E-state index in [1.807, 2.05) is 13.0 Å². The molecular weight excluding hydrogens is 324 g/mol. The van der Waals surface area contributed by atoms with Gasteiger partial charge in [0.25, 0.3) is 5.91 Å². The van der Waals surface area contributed by atoms with Gasteiger partial charge in [-0.3, -0.25) is 9.78 Å². The van der Waals surface area contributed by atoms with Crippen molar-refractivity contribution in [1.82, 2.24) is 4.98 Å². The van der Waals surface area contributed by atoms with E-state index < -0.39 is 11.9 Å². The SMILES string of the molecule is Cc1cccc(C(=O)Nc2cnccc2C(=O)O)c1Br. The molecule has 2 rings (SSSR count). The summed E-state index contributed by atoms with van der Waals surface area (Å²) in [6, 6.07) is 6.62. The topological polar surface area (TPSA) is 79.3 Å².